The van der Waals surface area contributed by atoms with Crippen molar-refractivity contribution in [2.24, 2.45) is 5.73 Å². The second-order valence-corrected chi connectivity index (χ2v) is 4.20. The first-order chi connectivity index (χ1) is 7.66. The average molecular weight is 220 g/mol. The molecule has 4 nitrogen and oxygen atoms in total. The molecule has 2 rings (SSSR count). The number of nitrogens with two attached hydrogens (primary N) is 1. The quantitative estimate of drug-likeness (QED) is 0.788. The minimum atomic E-state index is -0.887. The van der Waals surface area contributed by atoms with Crippen LogP contribution in [0.4, 0.5) is 5.69 Å². The molecule has 1 aromatic rings. The van der Waals surface area contributed by atoms with E-state index >= 15 is 0 Å². The molecular formula is C12H16N2O2. The molecule has 1 saturated heterocycles. The lowest BCUT2D eigenvalue weighted by atomic mass is 10.1. The number of benzene rings is 1. The van der Waals surface area contributed by atoms with Crippen LogP contribution in [0.3, 0.4) is 0 Å². The van der Waals surface area contributed by atoms with Gasteiger partial charge in [0.15, 0.2) is 0 Å². The van der Waals surface area contributed by atoms with Crippen molar-refractivity contribution in [3.63, 3.8) is 0 Å². The number of rotatable bonds is 2. The van der Waals surface area contributed by atoms with E-state index in [4.69, 9.17) is 10.8 Å². The number of carboxylic acid groups (broad SMARTS) is 1. The van der Waals surface area contributed by atoms with E-state index in [2.05, 4.69) is 4.90 Å². The van der Waals surface area contributed by atoms with Gasteiger partial charge in [-0.15, -0.1) is 0 Å². The highest BCUT2D eigenvalue weighted by Gasteiger charge is 2.16. The third kappa shape index (κ3) is 2.33. The first-order valence-electron chi connectivity index (χ1n) is 5.50. The number of aromatic carboxylic acids is 1. The first kappa shape index (κ1) is 11.0. The summed E-state index contributed by atoms with van der Waals surface area (Å²) in [4.78, 5) is 12.9. The van der Waals surface area contributed by atoms with Crippen molar-refractivity contribution in [2.75, 3.05) is 18.0 Å². The Bertz CT molecular complexity index is 375. The van der Waals surface area contributed by atoms with Gasteiger partial charge in [0.25, 0.3) is 0 Å². The average Bonchev–Trinajstić information content (AvgIpc) is 2.29. The van der Waals surface area contributed by atoms with Crippen molar-refractivity contribution in [1.29, 1.82) is 0 Å². The van der Waals surface area contributed by atoms with Gasteiger partial charge in [0, 0.05) is 24.8 Å². The number of hydrogen-bond donors (Lipinski definition) is 2. The molecule has 1 aromatic carbocycles. The molecule has 0 aromatic heterocycles. The maximum absolute atomic E-state index is 10.7. The molecule has 0 aliphatic carbocycles. The molecule has 4 heteroatoms. The highest BCUT2D eigenvalue weighted by molar-refractivity contribution is 5.88. The molecule has 1 heterocycles. The molecule has 1 aliphatic heterocycles. The molecule has 3 N–H and O–H groups in total. The minimum Gasteiger partial charge on any atom is -0.478 e. The Hall–Kier alpha value is -1.55. The summed E-state index contributed by atoms with van der Waals surface area (Å²) in [6.07, 6.45) is 2.17. The van der Waals surface area contributed by atoms with Crippen molar-refractivity contribution in [2.45, 2.75) is 18.9 Å². The minimum absolute atomic E-state index is 0.230. The van der Waals surface area contributed by atoms with Gasteiger partial charge >= 0.3 is 5.97 Å². The number of carbonyl (C=O) groups is 1. The van der Waals surface area contributed by atoms with E-state index < -0.39 is 5.97 Å². The molecule has 1 atom stereocenters. The molecule has 1 aliphatic rings. The molecule has 1 fully saturated rings. The first-order valence-corrected chi connectivity index (χ1v) is 5.50. The molecule has 0 bridgehead atoms. The van der Waals surface area contributed by atoms with E-state index in [0.717, 1.165) is 31.6 Å². The smallest absolute Gasteiger partial charge is 0.335 e. The van der Waals surface area contributed by atoms with Crippen LogP contribution >= 0.6 is 0 Å². The Labute approximate surface area is 94.7 Å². The van der Waals surface area contributed by atoms with Gasteiger partial charge in [0.2, 0.25) is 0 Å². The van der Waals surface area contributed by atoms with Crippen molar-refractivity contribution in [3.8, 4) is 0 Å². The van der Waals surface area contributed by atoms with Crippen LogP contribution in [0.5, 0.6) is 0 Å². The number of hydrogen-bond acceptors (Lipinski definition) is 3. The van der Waals surface area contributed by atoms with E-state index in [9.17, 15) is 4.79 Å². The maximum atomic E-state index is 10.7. The van der Waals surface area contributed by atoms with Crippen molar-refractivity contribution < 1.29 is 9.90 Å². The van der Waals surface area contributed by atoms with Crippen LogP contribution in [0.1, 0.15) is 23.2 Å². The number of carboxylic acids is 1. The maximum Gasteiger partial charge on any atom is 0.335 e. The second kappa shape index (κ2) is 4.53. The summed E-state index contributed by atoms with van der Waals surface area (Å²) in [5.74, 6) is -0.887. The van der Waals surface area contributed by atoms with E-state index in [1.165, 1.54) is 0 Å². The summed E-state index contributed by atoms with van der Waals surface area (Å²) in [7, 11) is 0. The fourth-order valence-electron chi connectivity index (χ4n) is 2.06. The zero-order valence-electron chi connectivity index (χ0n) is 9.10. The van der Waals surface area contributed by atoms with E-state index in [1.807, 2.05) is 12.1 Å². The van der Waals surface area contributed by atoms with Crippen LogP contribution in [-0.2, 0) is 0 Å². The zero-order valence-corrected chi connectivity index (χ0v) is 9.10. The largest absolute Gasteiger partial charge is 0.478 e. The SMILES string of the molecule is N[C@@H]1CCCN(c2ccc(C(=O)O)cc2)C1. The topological polar surface area (TPSA) is 66.6 Å². The van der Waals surface area contributed by atoms with Crippen LogP contribution in [-0.4, -0.2) is 30.2 Å². The lowest BCUT2D eigenvalue weighted by Gasteiger charge is -2.32. The van der Waals surface area contributed by atoms with E-state index in [-0.39, 0.29) is 6.04 Å². The summed E-state index contributed by atoms with van der Waals surface area (Å²) in [5, 5.41) is 8.79. The Kier molecular flexibility index (Phi) is 3.10. The van der Waals surface area contributed by atoms with Crippen molar-refractivity contribution in [1.82, 2.24) is 0 Å². The van der Waals surface area contributed by atoms with Gasteiger partial charge in [-0.1, -0.05) is 0 Å². The predicted octanol–water partition coefficient (Wildman–Crippen LogP) is 1.31. The van der Waals surface area contributed by atoms with Crippen molar-refractivity contribution in [3.05, 3.63) is 29.8 Å². The molecule has 0 unspecified atom stereocenters. The Morgan fingerprint density at radius 2 is 2.06 bits per heavy atom. The molecule has 0 radical (unpaired) electrons. The molecule has 86 valence electrons. The highest BCUT2D eigenvalue weighted by atomic mass is 16.4. The standard InChI is InChI=1S/C12H16N2O2/c13-10-2-1-7-14(8-10)11-5-3-9(4-6-11)12(15)16/h3-6,10H,1-2,7-8,13H2,(H,15,16)/t10-/m1/s1. The number of piperidine rings is 1. The van der Waals surface area contributed by atoms with Crippen LogP contribution in [0.25, 0.3) is 0 Å². The Morgan fingerprint density at radius 3 is 2.62 bits per heavy atom. The van der Waals surface area contributed by atoms with Gasteiger partial charge in [-0.25, -0.2) is 4.79 Å². The summed E-state index contributed by atoms with van der Waals surface area (Å²) in [5.41, 5.74) is 7.28. The zero-order chi connectivity index (χ0) is 11.5. The Morgan fingerprint density at radius 1 is 1.38 bits per heavy atom. The van der Waals surface area contributed by atoms with Gasteiger partial charge in [-0.05, 0) is 37.1 Å². The van der Waals surface area contributed by atoms with E-state index in [1.54, 1.807) is 12.1 Å². The van der Waals surface area contributed by atoms with Gasteiger partial charge < -0.3 is 15.7 Å². The molecule has 0 saturated carbocycles. The number of anilines is 1. The van der Waals surface area contributed by atoms with Gasteiger partial charge in [-0.2, -0.15) is 0 Å². The third-order valence-electron chi connectivity index (χ3n) is 2.94. The van der Waals surface area contributed by atoms with Crippen LogP contribution < -0.4 is 10.6 Å². The molecule has 0 spiro atoms. The predicted molar refractivity (Wildman–Crippen MR) is 62.8 cm³/mol. The summed E-state index contributed by atoms with van der Waals surface area (Å²) >= 11 is 0. The van der Waals surface area contributed by atoms with Gasteiger partial charge in [-0.3, -0.25) is 0 Å². The van der Waals surface area contributed by atoms with Crippen LogP contribution in [0.2, 0.25) is 0 Å². The van der Waals surface area contributed by atoms with E-state index in [0.29, 0.717) is 5.56 Å². The summed E-state index contributed by atoms with van der Waals surface area (Å²) in [6, 6.07) is 7.20. The normalized spacial score (nSPS) is 20.8. The molecule has 0 amide bonds. The van der Waals surface area contributed by atoms with Crippen LogP contribution in [0.15, 0.2) is 24.3 Å². The monoisotopic (exact) mass is 220 g/mol. The second-order valence-electron chi connectivity index (χ2n) is 4.20. The number of nitrogens with zero attached hydrogens (tertiary/aromatic N) is 1. The third-order valence-corrected chi connectivity index (χ3v) is 2.94. The van der Waals surface area contributed by atoms with Crippen molar-refractivity contribution >= 4 is 11.7 Å². The van der Waals surface area contributed by atoms with Gasteiger partial charge in [0.05, 0.1) is 5.56 Å². The highest BCUT2D eigenvalue weighted by Crippen LogP contribution is 2.19. The fourth-order valence-corrected chi connectivity index (χ4v) is 2.06. The Balaban J connectivity index is 2.11. The lowest BCUT2D eigenvalue weighted by molar-refractivity contribution is 0.0697. The fraction of sp³-hybridized carbons (Fsp3) is 0.417. The lowest BCUT2D eigenvalue weighted by Crippen LogP contribution is -2.42. The summed E-state index contributed by atoms with van der Waals surface area (Å²) in [6.45, 7) is 1.85. The van der Waals surface area contributed by atoms with Crippen LogP contribution in [0, 0.1) is 0 Å². The molecule has 16 heavy (non-hydrogen) atoms. The van der Waals surface area contributed by atoms with Gasteiger partial charge in [0.1, 0.15) is 0 Å². The summed E-state index contributed by atoms with van der Waals surface area (Å²) < 4.78 is 0. The molecular weight excluding hydrogens is 204 g/mol.